The SMILES string of the molecule is COC(=O)c1cccc(Nc2cnnc(NCCc3ccccc3OC)n2)c1. The van der Waals surface area contributed by atoms with Crippen molar-refractivity contribution in [2.45, 2.75) is 6.42 Å². The quantitative estimate of drug-likeness (QED) is 0.576. The lowest BCUT2D eigenvalue weighted by Crippen LogP contribution is -2.10. The first-order valence-electron chi connectivity index (χ1n) is 8.70. The van der Waals surface area contributed by atoms with Crippen LogP contribution in [0.1, 0.15) is 15.9 Å². The van der Waals surface area contributed by atoms with Gasteiger partial charge in [0.15, 0.2) is 5.82 Å². The number of rotatable bonds is 8. The van der Waals surface area contributed by atoms with Gasteiger partial charge < -0.3 is 20.1 Å². The Hall–Kier alpha value is -3.68. The maximum absolute atomic E-state index is 11.6. The number of hydrogen-bond acceptors (Lipinski definition) is 8. The van der Waals surface area contributed by atoms with Crippen molar-refractivity contribution in [3.63, 3.8) is 0 Å². The fourth-order valence-corrected chi connectivity index (χ4v) is 2.65. The van der Waals surface area contributed by atoms with Crippen molar-refractivity contribution in [2.24, 2.45) is 0 Å². The van der Waals surface area contributed by atoms with Crippen LogP contribution in [0.25, 0.3) is 0 Å². The first-order valence-corrected chi connectivity index (χ1v) is 8.70. The molecule has 3 rings (SSSR count). The van der Waals surface area contributed by atoms with Crippen LogP contribution in [0.5, 0.6) is 5.75 Å². The number of hydrogen-bond donors (Lipinski definition) is 2. The van der Waals surface area contributed by atoms with Gasteiger partial charge in [0.1, 0.15) is 5.75 Å². The van der Waals surface area contributed by atoms with Gasteiger partial charge in [-0.2, -0.15) is 10.1 Å². The van der Waals surface area contributed by atoms with Gasteiger partial charge in [-0.1, -0.05) is 24.3 Å². The van der Waals surface area contributed by atoms with E-state index in [2.05, 4.69) is 25.8 Å². The molecule has 0 bridgehead atoms. The van der Waals surface area contributed by atoms with Crippen molar-refractivity contribution in [1.82, 2.24) is 15.2 Å². The number of nitrogens with one attached hydrogen (secondary N) is 2. The summed E-state index contributed by atoms with van der Waals surface area (Å²) in [4.78, 5) is 16.0. The lowest BCUT2D eigenvalue weighted by Gasteiger charge is -2.10. The van der Waals surface area contributed by atoms with E-state index < -0.39 is 5.97 Å². The van der Waals surface area contributed by atoms with Crippen molar-refractivity contribution < 1.29 is 14.3 Å². The smallest absolute Gasteiger partial charge is 0.337 e. The summed E-state index contributed by atoms with van der Waals surface area (Å²) in [5.41, 5.74) is 2.24. The van der Waals surface area contributed by atoms with E-state index in [-0.39, 0.29) is 0 Å². The molecule has 0 amide bonds. The maximum Gasteiger partial charge on any atom is 0.337 e. The number of nitrogens with zero attached hydrogens (tertiary/aromatic N) is 3. The second-order valence-electron chi connectivity index (χ2n) is 5.85. The minimum Gasteiger partial charge on any atom is -0.496 e. The Labute approximate surface area is 162 Å². The van der Waals surface area contributed by atoms with Crippen molar-refractivity contribution in [2.75, 3.05) is 31.4 Å². The molecule has 1 aromatic heterocycles. The van der Waals surface area contributed by atoms with Crippen LogP contribution in [0, 0.1) is 0 Å². The normalized spacial score (nSPS) is 10.2. The van der Waals surface area contributed by atoms with E-state index in [0.29, 0.717) is 29.6 Å². The average molecular weight is 379 g/mol. The molecule has 0 saturated carbocycles. The lowest BCUT2D eigenvalue weighted by molar-refractivity contribution is 0.0601. The Balaban J connectivity index is 1.62. The molecule has 2 aromatic carbocycles. The van der Waals surface area contributed by atoms with E-state index >= 15 is 0 Å². The summed E-state index contributed by atoms with van der Waals surface area (Å²) >= 11 is 0. The summed E-state index contributed by atoms with van der Waals surface area (Å²) in [5.74, 6) is 1.37. The molecule has 3 aromatic rings. The standard InChI is InChI=1S/C20H21N5O3/c1-27-17-9-4-3-6-14(17)10-11-21-20-24-18(13-22-25-20)23-16-8-5-7-15(12-16)19(26)28-2/h3-9,12-13H,10-11H2,1-2H3,(H2,21,23,24,25). The van der Waals surface area contributed by atoms with Gasteiger partial charge in [-0.15, -0.1) is 5.10 Å². The Bertz CT molecular complexity index is 948. The van der Waals surface area contributed by atoms with Crippen LogP contribution in [-0.4, -0.2) is 41.9 Å². The minimum atomic E-state index is -0.400. The summed E-state index contributed by atoms with van der Waals surface area (Å²) in [6.45, 7) is 0.628. The van der Waals surface area contributed by atoms with Crippen LogP contribution in [0.2, 0.25) is 0 Å². The fourth-order valence-electron chi connectivity index (χ4n) is 2.65. The van der Waals surface area contributed by atoms with Crippen LogP contribution in [-0.2, 0) is 11.2 Å². The molecule has 8 heteroatoms. The van der Waals surface area contributed by atoms with E-state index in [4.69, 9.17) is 9.47 Å². The third-order valence-corrected chi connectivity index (χ3v) is 3.98. The number of ether oxygens (including phenoxy) is 2. The van der Waals surface area contributed by atoms with Crippen molar-refractivity contribution in [1.29, 1.82) is 0 Å². The third kappa shape index (κ3) is 4.94. The first kappa shape index (κ1) is 19.1. The summed E-state index contributed by atoms with van der Waals surface area (Å²) in [6, 6.07) is 14.8. The molecule has 0 spiro atoms. The predicted octanol–water partition coefficient (Wildman–Crippen LogP) is 3.07. The van der Waals surface area contributed by atoms with Crippen LogP contribution < -0.4 is 15.4 Å². The van der Waals surface area contributed by atoms with Crippen LogP contribution in [0.3, 0.4) is 0 Å². The van der Waals surface area contributed by atoms with Crippen molar-refractivity contribution in [3.05, 3.63) is 65.9 Å². The van der Waals surface area contributed by atoms with Crippen LogP contribution in [0.15, 0.2) is 54.7 Å². The molecule has 0 aliphatic carbocycles. The first-order chi connectivity index (χ1) is 13.7. The molecule has 0 unspecified atom stereocenters. The molecular weight excluding hydrogens is 358 g/mol. The topological polar surface area (TPSA) is 98.3 Å². The number of carbonyl (C=O) groups excluding carboxylic acids is 1. The van der Waals surface area contributed by atoms with E-state index in [0.717, 1.165) is 17.7 Å². The van der Waals surface area contributed by atoms with Gasteiger partial charge in [0.2, 0.25) is 5.95 Å². The molecule has 8 nitrogen and oxygen atoms in total. The highest BCUT2D eigenvalue weighted by Gasteiger charge is 2.07. The summed E-state index contributed by atoms with van der Waals surface area (Å²) < 4.78 is 10.1. The minimum absolute atomic E-state index is 0.400. The van der Waals surface area contributed by atoms with Gasteiger partial charge in [0.25, 0.3) is 0 Å². The van der Waals surface area contributed by atoms with E-state index in [1.807, 2.05) is 30.3 Å². The molecular formula is C20H21N5O3. The molecule has 0 saturated heterocycles. The third-order valence-electron chi connectivity index (χ3n) is 3.98. The van der Waals surface area contributed by atoms with E-state index in [1.54, 1.807) is 25.3 Å². The Morgan fingerprint density at radius 2 is 1.96 bits per heavy atom. The van der Waals surface area contributed by atoms with Gasteiger partial charge in [0, 0.05) is 12.2 Å². The number of anilines is 3. The van der Waals surface area contributed by atoms with Crippen molar-refractivity contribution in [3.8, 4) is 5.75 Å². The Morgan fingerprint density at radius 3 is 2.79 bits per heavy atom. The number of para-hydroxylation sites is 1. The molecule has 2 N–H and O–H groups in total. The molecule has 1 heterocycles. The van der Waals surface area contributed by atoms with Crippen molar-refractivity contribution >= 4 is 23.4 Å². The second-order valence-corrected chi connectivity index (χ2v) is 5.85. The van der Waals surface area contributed by atoms with Gasteiger partial charge in [0.05, 0.1) is 26.0 Å². The molecule has 0 atom stereocenters. The molecule has 28 heavy (non-hydrogen) atoms. The van der Waals surface area contributed by atoms with E-state index in [9.17, 15) is 4.79 Å². The number of aromatic nitrogens is 3. The van der Waals surface area contributed by atoms with Crippen LogP contribution in [0.4, 0.5) is 17.5 Å². The Kier molecular flexibility index (Phi) is 6.35. The fraction of sp³-hybridized carbons (Fsp3) is 0.200. The summed E-state index contributed by atoms with van der Waals surface area (Å²) in [7, 11) is 3.00. The zero-order chi connectivity index (χ0) is 19.8. The Morgan fingerprint density at radius 1 is 1.11 bits per heavy atom. The highest BCUT2D eigenvalue weighted by molar-refractivity contribution is 5.90. The van der Waals surface area contributed by atoms with Gasteiger partial charge in [-0.05, 0) is 36.2 Å². The molecule has 0 fully saturated rings. The second kappa shape index (κ2) is 9.31. The predicted molar refractivity (Wildman–Crippen MR) is 106 cm³/mol. The van der Waals surface area contributed by atoms with E-state index in [1.165, 1.54) is 13.3 Å². The summed E-state index contributed by atoms with van der Waals surface area (Å²) in [5, 5.41) is 14.2. The zero-order valence-electron chi connectivity index (χ0n) is 15.7. The van der Waals surface area contributed by atoms with Gasteiger partial charge in [-0.25, -0.2) is 4.79 Å². The highest BCUT2D eigenvalue weighted by Crippen LogP contribution is 2.18. The molecule has 0 aliphatic heterocycles. The zero-order valence-corrected chi connectivity index (χ0v) is 15.7. The number of carbonyl (C=O) groups is 1. The largest absolute Gasteiger partial charge is 0.496 e. The maximum atomic E-state index is 11.6. The summed E-state index contributed by atoms with van der Waals surface area (Å²) in [6.07, 6.45) is 2.27. The number of benzene rings is 2. The number of methoxy groups -OCH3 is 2. The van der Waals surface area contributed by atoms with Gasteiger partial charge >= 0.3 is 5.97 Å². The highest BCUT2D eigenvalue weighted by atomic mass is 16.5. The van der Waals surface area contributed by atoms with Crippen LogP contribution >= 0.6 is 0 Å². The average Bonchev–Trinajstić information content (AvgIpc) is 2.74. The molecule has 144 valence electrons. The lowest BCUT2D eigenvalue weighted by atomic mass is 10.1. The molecule has 0 radical (unpaired) electrons. The van der Waals surface area contributed by atoms with Gasteiger partial charge in [-0.3, -0.25) is 0 Å². The molecule has 0 aliphatic rings. The number of esters is 1. The monoisotopic (exact) mass is 379 g/mol.